The van der Waals surface area contributed by atoms with Crippen LogP contribution in [0.2, 0.25) is 0 Å². The van der Waals surface area contributed by atoms with Gasteiger partial charge in [-0.1, -0.05) is 123 Å². The maximum atomic E-state index is 10.0. The third-order valence-electron chi connectivity index (χ3n) is 8.94. The van der Waals surface area contributed by atoms with Crippen LogP contribution in [0.3, 0.4) is 0 Å². The molecule has 4 heteroatoms. The van der Waals surface area contributed by atoms with Crippen LogP contribution in [0.5, 0.6) is 11.5 Å². The van der Waals surface area contributed by atoms with E-state index in [9.17, 15) is 5.26 Å². The van der Waals surface area contributed by atoms with E-state index < -0.39 is 0 Å². The molecule has 0 bridgehead atoms. The molecule has 0 spiro atoms. The van der Waals surface area contributed by atoms with E-state index in [-0.39, 0.29) is 5.41 Å². The average molecular weight is 592 g/mol. The van der Waals surface area contributed by atoms with Crippen molar-refractivity contribution in [3.63, 3.8) is 0 Å². The largest absolute Gasteiger partial charge is 0.457 e. The molecule has 46 heavy (non-hydrogen) atoms. The predicted octanol–water partition coefficient (Wildman–Crippen LogP) is 10.6. The normalized spacial score (nSPS) is 12.9. The summed E-state index contributed by atoms with van der Waals surface area (Å²) in [5.41, 5.74) is 10.3. The number of para-hydroxylation sites is 2. The fourth-order valence-electron chi connectivity index (χ4n) is 6.76. The molecule has 0 N–H and O–H groups in total. The summed E-state index contributed by atoms with van der Waals surface area (Å²) in [7, 11) is 0. The van der Waals surface area contributed by atoms with Gasteiger partial charge in [0.15, 0.2) is 5.82 Å². The van der Waals surface area contributed by atoms with Crippen LogP contribution >= 0.6 is 0 Å². The van der Waals surface area contributed by atoms with E-state index >= 15 is 0 Å². The number of nitriles is 1. The fourth-order valence-corrected chi connectivity index (χ4v) is 6.76. The quantitative estimate of drug-likeness (QED) is 0.204. The number of aromatic nitrogens is 2. The molecule has 2 heterocycles. The van der Waals surface area contributed by atoms with Crippen molar-refractivity contribution in [2.24, 2.45) is 0 Å². The van der Waals surface area contributed by atoms with E-state index in [2.05, 4.69) is 98.8 Å². The van der Waals surface area contributed by atoms with Crippen molar-refractivity contribution in [2.45, 2.75) is 19.3 Å². The first kappa shape index (κ1) is 27.5. The summed E-state index contributed by atoms with van der Waals surface area (Å²) >= 11 is 0. The molecule has 0 atom stereocenters. The molecule has 1 aliphatic heterocycles. The molecule has 0 saturated carbocycles. The number of nitrogens with zero attached hydrogens (tertiary/aromatic N) is 3. The second kappa shape index (κ2) is 10.8. The monoisotopic (exact) mass is 591 g/mol. The number of rotatable bonds is 4. The lowest BCUT2D eigenvalue weighted by molar-refractivity contribution is 0.418. The summed E-state index contributed by atoms with van der Waals surface area (Å²) in [5.74, 6) is 2.22. The highest BCUT2D eigenvalue weighted by atomic mass is 16.5. The van der Waals surface area contributed by atoms with Gasteiger partial charge in [0.2, 0.25) is 0 Å². The van der Waals surface area contributed by atoms with Gasteiger partial charge in [-0.05, 0) is 52.6 Å². The van der Waals surface area contributed by atoms with Crippen molar-refractivity contribution in [2.75, 3.05) is 0 Å². The molecule has 0 unspecified atom stereocenters. The van der Waals surface area contributed by atoms with Crippen molar-refractivity contribution in [1.29, 1.82) is 5.26 Å². The van der Waals surface area contributed by atoms with E-state index in [1.54, 1.807) is 0 Å². The van der Waals surface area contributed by atoms with Crippen LogP contribution in [-0.4, -0.2) is 9.97 Å². The van der Waals surface area contributed by atoms with Crippen molar-refractivity contribution in [3.05, 3.63) is 156 Å². The number of benzene rings is 6. The van der Waals surface area contributed by atoms with Gasteiger partial charge in [-0.2, -0.15) is 5.26 Å². The van der Waals surface area contributed by atoms with Crippen LogP contribution in [-0.2, 0) is 5.41 Å². The van der Waals surface area contributed by atoms with Gasteiger partial charge in [0, 0.05) is 33.1 Å². The second-order valence-electron chi connectivity index (χ2n) is 12.1. The SMILES string of the molecule is CC1(C)c2ccccc2Oc2cc(C#N)cc(-c3cccc(-c4nc(-c5ccccc5-c5ccccc5)nc5ccccc45)c3)c21. The van der Waals surface area contributed by atoms with E-state index in [0.29, 0.717) is 11.4 Å². The van der Waals surface area contributed by atoms with Crippen LogP contribution in [0.15, 0.2) is 140 Å². The number of ether oxygens (including phenoxy) is 1. The van der Waals surface area contributed by atoms with Crippen LogP contribution in [0.4, 0.5) is 0 Å². The Morgan fingerprint density at radius 2 is 1.28 bits per heavy atom. The zero-order valence-corrected chi connectivity index (χ0v) is 25.5. The van der Waals surface area contributed by atoms with Crippen LogP contribution in [0.25, 0.3) is 55.8 Å². The Morgan fingerprint density at radius 1 is 0.587 bits per heavy atom. The van der Waals surface area contributed by atoms with E-state index in [1.807, 2.05) is 60.7 Å². The molecule has 0 fully saturated rings. The first-order chi connectivity index (χ1) is 22.5. The molecule has 1 aromatic heterocycles. The van der Waals surface area contributed by atoms with Crippen LogP contribution in [0.1, 0.15) is 30.5 Å². The minimum Gasteiger partial charge on any atom is -0.457 e. The van der Waals surface area contributed by atoms with Gasteiger partial charge in [-0.15, -0.1) is 0 Å². The third kappa shape index (κ3) is 4.53. The molecule has 7 aromatic rings. The molecule has 1 aliphatic rings. The first-order valence-corrected chi connectivity index (χ1v) is 15.4. The lowest BCUT2D eigenvalue weighted by Gasteiger charge is -2.36. The zero-order valence-electron chi connectivity index (χ0n) is 25.5. The van der Waals surface area contributed by atoms with Gasteiger partial charge in [0.05, 0.1) is 22.8 Å². The topological polar surface area (TPSA) is 58.8 Å². The predicted molar refractivity (Wildman–Crippen MR) is 185 cm³/mol. The van der Waals surface area contributed by atoms with E-state index in [4.69, 9.17) is 14.7 Å². The Kier molecular flexibility index (Phi) is 6.48. The Morgan fingerprint density at radius 3 is 2.13 bits per heavy atom. The molecular formula is C42H29N3O. The summed E-state index contributed by atoms with van der Waals surface area (Å²) < 4.78 is 6.43. The van der Waals surface area contributed by atoms with Crippen molar-refractivity contribution >= 4 is 10.9 Å². The number of hydrogen-bond acceptors (Lipinski definition) is 4. The van der Waals surface area contributed by atoms with Crippen LogP contribution < -0.4 is 4.74 Å². The standard InChI is InChI=1S/C42H29N3O/c1-42(2)35-20-9-11-22-37(35)46-38-24-27(26-43)23-34(39(38)42)29-15-12-16-30(25-29)40-33-19-8-10-21-36(33)44-41(45-40)32-18-7-6-17-31(32)28-13-4-3-5-14-28/h3-25H,1-2H3. The molecule has 0 amide bonds. The molecule has 0 aliphatic carbocycles. The Hall–Kier alpha value is -6.05. The molecule has 218 valence electrons. The molecule has 8 rings (SSSR count). The molecule has 0 radical (unpaired) electrons. The lowest BCUT2D eigenvalue weighted by Crippen LogP contribution is -2.25. The van der Waals surface area contributed by atoms with Gasteiger partial charge in [0.25, 0.3) is 0 Å². The van der Waals surface area contributed by atoms with Crippen molar-refractivity contribution < 1.29 is 4.74 Å². The summed E-state index contributed by atoms with van der Waals surface area (Å²) in [6.45, 7) is 4.45. The summed E-state index contributed by atoms with van der Waals surface area (Å²) in [5, 5.41) is 11.0. The molecule has 4 nitrogen and oxygen atoms in total. The van der Waals surface area contributed by atoms with Crippen molar-refractivity contribution in [1.82, 2.24) is 9.97 Å². The summed E-state index contributed by atoms with van der Waals surface area (Å²) in [6.07, 6.45) is 0. The molecule has 6 aromatic carbocycles. The zero-order chi connectivity index (χ0) is 31.3. The molecule has 0 saturated heterocycles. The number of hydrogen-bond donors (Lipinski definition) is 0. The highest BCUT2D eigenvalue weighted by molar-refractivity contribution is 5.95. The smallest absolute Gasteiger partial charge is 0.161 e. The average Bonchev–Trinajstić information content (AvgIpc) is 3.11. The highest BCUT2D eigenvalue weighted by Gasteiger charge is 2.37. The van der Waals surface area contributed by atoms with Gasteiger partial charge >= 0.3 is 0 Å². The second-order valence-corrected chi connectivity index (χ2v) is 12.1. The highest BCUT2D eigenvalue weighted by Crippen LogP contribution is 2.52. The van der Waals surface area contributed by atoms with Gasteiger partial charge in [0.1, 0.15) is 11.5 Å². The summed E-state index contributed by atoms with van der Waals surface area (Å²) in [6, 6.07) is 49.6. The Bertz CT molecular complexity index is 2330. The Labute approximate surface area is 268 Å². The maximum Gasteiger partial charge on any atom is 0.161 e. The number of fused-ring (bicyclic) bond motifs is 3. The van der Waals surface area contributed by atoms with Crippen molar-refractivity contribution in [3.8, 4) is 62.5 Å². The van der Waals surface area contributed by atoms with Gasteiger partial charge in [-0.3, -0.25) is 0 Å². The fraction of sp³-hybridized carbons (Fsp3) is 0.0714. The Balaban J connectivity index is 1.33. The van der Waals surface area contributed by atoms with E-state index in [1.165, 1.54) is 0 Å². The van der Waals surface area contributed by atoms with Crippen LogP contribution in [0, 0.1) is 11.3 Å². The molecular weight excluding hydrogens is 562 g/mol. The lowest BCUT2D eigenvalue weighted by atomic mass is 9.72. The summed E-state index contributed by atoms with van der Waals surface area (Å²) in [4.78, 5) is 10.3. The minimum absolute atomic E-state index is 0.348. The maximum absolute atomic E-state index is 10.0. The minimum atomic E-state index is -0.348. The first-order valence-electron chi connectivity index (χ1n) is 15.4. The van der Waals surface area contributed by atoms with Gasteiger partial charge in [-0.25, -0.2) is 9.97 Å². The van der Waals surface area contributed by atoms with E-state index in [0.717, 1.165) is 72.6 Å². The van der Waals surface area contributed by atoms with Gasteiger partial charge < -0.3 is 4.74 Å². The third-order valence-corrected chi connectivity index (χ3v) is 8.94.